The highest BCUT2D eigenvalue weighted by molar-refractivity contribution is 7.92. The average molecular weight is 318 g/mol. The van der Waals surface area contributed by atoms with Crippen molar-refractivity contribution >= 4 is 33.4 Å². The zero-order valence-corrected chi connectivity index (χ0v) is 11.3. The van der Waals surface area contributed by atoms with Gasteiger partial charge in [0.25, 0.3) is 10.0 Å². The lowest BCUT2D eigenvalue weighted by molar-refractivity contribution is -0.137. The highest BCUT2D eigenvalue weighted by Gasteiger charge is 2.18. The zero-order valence-electron chi connectivity index (χ0n) is 9.76. The SMILES string of the molecule is O=C(O)Cn1cc(S(=O)(=O)Nc2ccc(Cl)nn2)cn1. The largest absolute Gasteiger partial charge is 0.480 e. The molecule has 2 aromatic heterocycles. The first kappa shape index (κ1) is 14.2. The summed E-state index contributed by atoms with van der Waals surface area (Å²) in [6, 6.07) is 2.72. The molecule has 0 atom stereocenters. The Labute approximate surface area is 118 Å². The van der Waals surface area contributed by atoms with E-state index in [1.165, 1.54) is 12.1 Å². The summed E-state index contributed by atoms with van der Waals surface area (Å²) in [4.78, 5) is 10.3. The van der Waals surface area contributed by atoms with Gasteiger partial charge in [-0.15, -0.1) is 10.2 Å². The van der Waals surface area contributed by atoms with E-state index in [1.54, 1.807) is 0 Å². The van der Waals surface area contributed by atoms with E-state index in [2.05, 4.69) is 20.0 Å². The van der Waals surface area contributed by atoms with Gasteiger partial charge >= 0.3 is 5.97 Å². The van der Waals surface area contributed by atoms with Gasteiger partial charge in [0.15, 0.2) is 11.0 Å². The van der Waals surface area contributed by atoms with Gasteiger partial charge in [0.2, 0.25) is 0 Å². The second-order valence-electron chi connectivity index (χ2n) is 3.61. The number of halogens is 1. The van der Waals surface area contributed by atoms with Crippen LogP contribution in [-0.4, -0.2) is 39.5 Å². The number of aliphatic carboxylic acids is 1. The number of rotatable bonds is 5. The lowest BCUT2D eigenvalue weighted by Crippen LogP contribution is -2.14. The summed E-state index contributed by atoms with van der Waals surface area (Å²) in [5.41, 5.74) is 0. The molecule has 2 aromatic rings. The van der Waals surface area contributed by atoms with E-state index in [1.807, 2.05) is 0 Å². The van der Waals surface area contributed by atoms with Crippen molar-refractivity contribution in [1.29, 1.82) is 0 Å². The second kappa shape index (κ2) is 5.43. The Balaban J connectivity index is 2.19. The number of sulfonamides is 1. The van der Waals surface area contributed by atoms with Crippen molar-refractivity contribution in [3.63, 3.8) is 0 Å². The molecule has 2 heterocycles. The number of nitrogens with zero attached hydrogens (tertiary/aromatic N) is 4. The maximum atomic E-state index is 12.0. The minimum atomic E-state index is -3.91. The van der Waals surface area contributed by atoms with Gasteiger partial charge in [0, 0.05) is 6.20 Å². The van der Waals surface area contributed by atoms with Crippen molar-refractivity contribution in [1.82, 2.24) is 20.0 Å². The normalized spacial score (nSPS) is 11.2. The summed E-state index contributed by atoms with van der Waals surface area (Å²) in [7, 11) is -3.91. The van der Waals surface area contributed by atoms with E-state index < -0.39 is 22.5 Å². The zero-order chi connectivity index (χ0) is 14.8. The van der Waals surface area contributed by atoms with Crippen LogP contribution in [0.25, 0.3) is 0 Å². The van der Waals surface area contributed by atoms with Crippen LogP contribution in [0.3, 0.4) is 0 Å². The molecule has 20 heavy (non-hydrogen) atoms. The molecule has 2 rings (SSSR count). The first-order valence-electron chi connectivity index (χ1n) is 5.13. The number of hydrogen-bond acceptors (Lipinski definition) is 6. The summed E-state index contributed by atoms with van der Waals surface area (Å²) in [5, 5.41) is 19.4. The number of anilines is 1. The van der Waals surface area contributed by atoms with Crippen molar-refractivity contribution < 1.29 is 18.3 Å². The molecule has 11 heteroatoms. The fourth-order valence-electron chi connectivity index (χ4n) is 1.28. The molecule has 0 saturated carbocycles. The van der Waals surface area contributed by atoms with Crippen LogP contribution < -0.4 is 4.72 Å². The molecular formula is C9H8ClN5O4S. The molecule has 0 radical (unpaired) electrons. The first-order chi connectivity index (χ1) is 9.37. The van der Waals surface area contributed by atoms with Gasteiger partial charge in [0.05, 0.1) is 6.20 Å². The maximum absolute atomic E-state index is 12.0. The second-order valence-corrected chi connectivity index (χ2v) is 5.68. The fourth-order valence-corrected chi connectivity index (χ4v) is 2.32. The van der Waals surface area contributed by atoms with Crippen molar-refractivity contribution in [3.05, 3.63) is 29.7 Å². The van der Waals surface area contributed by atoms with Crippen LogP contribution in [-0.2, 0) is 21.4 Å². The van der Waals surface area contributed by atoms with Crippen LogP contribution in [0.1, 0.15) is 0 Å². The predicted molar refractivity (Wildman–Crippen MR) is 67.7 cm³/mol. The summed E-state index contributed by atoms with van der Waals surface area (Å²) in [5.74, 6) is -1.14. The van der Waals surface area contributed by atoms with Crippen LogP contribution in [0.15, 0.2) is 29.4 Å². The van der Waals surface area contributed by atoms with Crippen LogP contribution in [0.5, 0.6) is 0 Å². The van der Waals surface area contributed by atoms with Gasteiger partial charge in [-0.05, 0) is 12.1 Å². The summed E-state index contributed by atoms with van der Waals surface area (Å²) >= 11 is 5.53. The van der Waals surface area contributed by atoms with Gasteiger partial charge in [-0.1, -0.05) is 11.6 Å². The molecule has 0 aliphatic carbocycles. The highest BCUT2D eigenvalue weighted by Crippen LogP contribution is 2.14. The third kappa shape index (κ3) is 3.42. The molecular weight excluding hydrogens is 310 g/mol. The quantitative estimate of drug-likeness (QED) is 0.807. The van der Waals surface area contributed by atoms with Crippen LogP contribution >= 0.6 is 11.6 Å². The Morgan fingerprint density at radius 1 is 1.40 bits per heavy atom. The number of carboxylic acids is 1. The van der Waals surface area contributed by atoms with E-state index in [4.69, 9.17) is 16.7 Å². The molecule has 0 fully saturated rings. The molecule has 0 unspecified atom stereocenters. The Morgan fingerprint density at radius 3 is 2.75 bits per heavy atom. The predicted octanol–water partition coefficient (Wildman–Crippen LogP) is 0.212. The highest BCUT2D eigenvalue weighted by atomic mass is 35.5. The van der Waals surface area contributed by atoms with Crippen molar-refractivity contribution in [2.45, 2.75) is 11.4 Å². The Hall–Kier alpha value is -2.20. The van der Waals surface area contributed by atoms with Crippen LogP contribution in [0.2, 0.25) is 5.15 Å². The molecule has 2 N–H and O–H groups in total. The van der Waals surface area contributed by atoms with E-state index >= 15 is 0 Å². The molecule has 0 aromatic carbocycles. The smallest absolute Gasteiger partial charge is 0.325 e. The number of hydrogen-bond donors (Lipinski definition) is 2. The third-order valence-electron chi connectivity index (χ3n) is 2.09. The third-order valence-corrected chi connectivity index (χ3v) is 3.60. The molecule has 0 aliphatic heterocycles. The number of aromatic nitrogens is 4. The van der Waals surface area contributed by atoms with Gasteiger partial charge in [-0.2, -0.15) is 5.10 Å². The molecule has 0 amide bonds. The van der Waals surface area contributed by atoms with E-state index in [0.29, 0.717) is 0 Å². The number of nitrogens with one attached hydrogen (secondary N) is 1. The number of carboxylic acid groups (broad SMARTS) is 1. The molecule has 106 valence electrons. The Morgan fingerprint density at radius 2 is 2.15 bits per heavy atom. The molecule has 0 spiro atoms. The lowest BCUT2D eigenvalue weighted by atomic mass is 10.5. The standard InChI is InChI=1S/C9H8ClN5O4S/c10-7-1-2-8(13-12-7)14-20(18,19)6-3-11-15(4-6)5-9(16)17/h1-4H,5H2,(H,13,14)(H,16,17). The van der Waals surface area contributed by atoms with Crippen LogP contribution in [0, 0.1) is 0 Å². The van der Waals surface area contributed by atoms with Gasteiger partial charge in [0.1, 0.15) is 11.4 Å². The van der Waals surface area contributed by atoms with E-state index in [0.717, 1.165) is 17.1 Å². The lowest BCUT2D eigenvalue weighted by Gasteiger charge is -2.03. The minimum absolute atomic E-state index is 0.0135. The average Bonchev–Trinajstić information content (AvgIpc) is 2.80. The Bertz CT molecular complexity index is 727. The minimum Gasteiger partial charge on any atom is -0.480 e. The van der Waals surface area contributed by atoms with E-state index in [-0.39, 0.29) is 15.9 Å². The van der Waals surface area contributed by atoms with Gasteiger partial charge in [-0.3, -0.25) is 14.2 Å². The number of carbonyl (C=O) groups is 1. The van der Waals surface area contributed by atoms with Gasteiger partial charge in [-0.25, -0.2) is 8.42 Å². The molecule has 0 saturated heterocycles. The first-order valence-corrected chi connectivity index (χ1v) is 6.99. The monoisotopic (exact) mass is 317 g/mol. The van der Waals surface area contributed by atoms with Crippen molar-refractivity contribution in [2.24, 2.45) is 0 Å². The fraction of sp³-hybridized carbons (Fsp3) is 0.111. The molecule has 0 bridgehead atoms. The topological polar surface area (TPSA) is 127 Å². The van der Waals surface area contributed by atoms with Crippen molar-refractivity contribution in [3.8, 4) is 0 Å². The van der Waals surface area contributed by atoms with E-state index in [9.17, 15) is 13.2 Å². The van der Waals surface area contributed by atoms with Crippen LogP contribution in [0.4, 0.5) is 5.82 Å². The summed E-state index contributed by atoms with van der Waals surface area (Å²) in [6.45, 7) is -0.434. The molecule has 0 aliphatic rings. The molecule has 9 nitrogen and oxygen atoms in total. The summed E-state index contributed by atoms with van der Waals surface area (Å²) < 4.78 is 27.1. The summed E-state index contributed by atoms with van der Waals surface area (Å²) in [6.07, 6.45) is 2.13. The van der Waals surface area contributed by atoms with Crippen molar-refractivity contribution in [2.75, 3.05) is 4.72 Å². The maximum Gasteiger partial charge on any atom is 0.325 e. The van der Waals surface area contributed by atoms with Gasteiger partial charge < -0.3 is 5.11 Å². The Kier molecular flexibility index (Phi) is 3.86.